The van der Waals surface area contributed by atoms with E-state index in [9.17, 15) is 0 Å². The Morgan fingerprint density at radius 3 is 1.83 bits per heavy atom. The lowest BCUT2D eigenvalue weighted by Gasteiger charge is -2.41. The maximum atomic E-state index is 5.19. The van der Waals surface area contributed by atoms with Crippen LogP contribution < -0.4 is 0 Å². The summed E-state index contributed by atoms with van der Waals surface area (Å²) in [5, 5.41) is 4.93. The second-order valence-corrected chi connectivity index (χ2v) is 14.2. The largest absolute Gasteiger partial charge is 0.309 e. The zero-order valence-electron chi connectivity index (χ0n) is 29.4. The smallest absolute Gasteiger partial charge is 0.160 e. The molecular weight excluding hydrogens is 655 g/mol. The van der Waals surface area contributed by atoms with Crippen molar-refractivity contribution in [3.8, 4) is 39.6 Å². The molecule has 0 radical (unpaired) electrons. The molecule has 0 bridgehead atoms. The summed E-state index contributed by atoms with van der Waals surface area (Å²) in [4.78, 5) is 10.3. The molecule has 3 heterocycles. The van der Waals surface area contributed by atoms with Gasteiger partial charge in [-0.1, -0.05) is 176 Å². The maximum Gasteiger partial charge on any atom is 0.160 e. The zero-order valence-corrected chi connectivity index (χ0v) is 29.4. The van der Waals surface area contributed by atoms with Crippen LogP contribution in [0.1, 0.15) is 22.3 Å². The van der Waals surface area contributed by atoms with Crippen molar-refractivity contribution in [2.75, 3.05) is 0 Å². The zero-order chi connectivity index (χ0) is 35.6. The number of aromatic nitrogens is 3. The van der Waals surface area contributed by atoms with Crippen molar-refractivity contribution in [3.63, 3.8) is 0 Å². The maximum absolute atomic E-state index is 5.19. The van der Waals surface area contributed by atoms with Crippen LogP contribution >= 0.6 is 0 Å². The lowest BCUT2D eigenvalue weighted by molar-refractivity contribution is 0.728. The first-order chi connectivity index (χ1) is 26.8. The molecule has 0 saturated heterocycles. The predicted octanol–water partition coefficient (Wildman–Crippen LogP) is 12.4. The Kier molecular flexibility index (Phi) is 6.77. The van der Waals surface area contributed by atoms with Crippen LogP contribution in [0.3, 0.4) is 0 Å². The number of rotatable bonds is 5. The summed E-state index contributed by atoms with van der Waals surface area (Å²) in [6.45, 7) is 0. The highest BCUT2D eigenvalue weighted by molar-refractivity contribution is 6.12. The molecule has 1 unspecified atom stereocenters. The van der Waals surface area contributed by atoms with Gasteiger partial charge in [0.2, 0.25) is 0 Å². The molecule has 0 aliphatic carbocycles. The van der Waals surface area contributed by atoms with Gasteiger partial charge < -0.3 is 4.57 Å². The Balaban J connectivity index is 1.14. The Bertz CT molecular complexity index is 3030. The third kappa shape index (κ3) is 4.49. The number of hydrogen-bond acceptors (Lipinski definition) is 2. The molecule has 3 nitrogen and oxygen atoms in total. The fraction of sp³-hybridized carbons (Fsp3) is 0.0196. The molecule has 0 N–H and O–H groups in total. The molecule has 0 spiro atoms. The fourth-order valence-corrected chi connectivity index (χ4v) is 8.88. The van der Waals surface area contributed by atoms with Crippen LogP contribution in [0.15, 0.2) is 200 Å². The Labute approximate surface area is 313 Å². The van der Waals surface area contributed by atoms with Gasteiger partial charge >= 0.3 is 0 Å². The van der Waals surface area contributed by atoms with Crippen molar-refractivity contribution < 1.29 is 0 Å². The van der Waals surface area contributed by atoms with Gasteiger partial charge in [-0.25, -0.2) is 9.97 Å². The number of fused-ring (bicyclic) bond motifs is 6. The van der Waals surface area contributed by atoms with Crippen LogP contribution in [-0.2, 0) is 5.41 Å². The molecule has 252 valence electrons. The van der Waals surface area contributed by atoms with E-state index in [0.717, 1.165) is 28.1 Å². The normalized spacial score (nSPS) is 14.7. The van der Waals surface area contributed by atoms with E-state index >= 15 is 0 Å². The van der Waals surface area contributed by atoms with Crippen molar-refractivity contribution in [2.24, 2.45) is 0 Å². The molecule has 8 aromatic carbocycles. The first-order valence-electron chi connectivity index (χ1n) is 18.5. The molecule has 2 aromatic heterocycles. The second-order valence-electron chi connectivity index (χ2n) is 14.2. The standard InChI is InChI=1S/C51H33N3/c1-3-15-36(16-4-1)50-52-45(33-46(53-50)38-27-26-34-14-7-8-17-37(34)32-38)35-28-30-40(31-29-35)51(39-18-5-2-6-19-39)43-22-10-12-25-48(43)54-47-24-11-9-20-41(47)42-21-13-23-44(51)49(42)54/h1-33H. The van der Waals surface area contributed by atoms with Crippen molar-refractivity contribution in [3.05, 3.63) is 222 Å². The lowest BCUT2D eigenvalue weighted by atomic mass is 9.63. The van der Waals surface area contributed by atoms with Gasteiger partial charge in [0.25, 0.3) is 0 Å². The van der Waals surface area contributed by atoms with Crippen LogP contribution in [-0.4, -0.2) is 14.5 Å². The Morgan fingerprint density at radius 1 is 0.389 bits per heavy atom. The quantitative estimate of drug-likeness (QED) is 0.180. The van der Waals surface area contributed by atoms with E-state index in [1.165, 1.54) is 60.5 Å². The summed E-state index contributed by atoms with van der Waals surface area (Å²) in [7, 11) is 0. The first kappa shape index (κ1) is 30.5. The highest BCUT2D eigenvalue weighted by atomic mass is 15.0. The lowest BCUT2D eigenvalue weighted by Crippen LogP contribution is -2.35. The van der Waals surface area contributed by atoms with E-state index in [1.807, 2.05) is 18.2 Å². The highest BCUT2D eigenvalue weighted by Gasteiger charge is 2.45. The monoisotopic (exact) mass is 687 g/mol. The predicted molar refractivity (Wildman–Crippen MR) is 222 cm³/mol. The Morgan fingerprint density at radius 2 is 1.00 bits per heavy atom. The number of benzene rings is 8. The molecule has 3 heteroatoms. The van der Waals surface area contributed by atoms with E-state index < -0.39 is 5.41 Å². The molecule has 10 aromatic rings. The summed E-state index contributed by atoms with van der Waals surface area (Å²) in [5.41, 5.74) is 13.0. The topological polar surface area (TPSA) is 30.7 Å². The summed E-state index contributed by atoms with van der Waals surface area (Å²) >= 11 is 0. The van der Waals surface area contributed by atoms with Gasteiger partial charge in [0.1, 0.15) is 0 Å². The van der Waals surface area contributed by atoms with Gasteiger partial charge in [0.15, 0.2) is 5.82 Å². The minimum absolute atomic E-state index is 0.558. The van der Waals surface area contributed by atoms with Gasteiger partial charge in [0, 0.05) is 27.5 Å². The number of para-hydroxylation sites is 3. The molecule has 54 heavy (non-hydrogen) atoms. The average molecular weight is 688 g/mol. The number of nitrogens with zero attached hydrogens (tertiary/aromatic N) is 3. The molecule has 1 aliphatic rings. The molecule has 0 fully saturated rings. The van der Waals surface area contributed by atoms with Crippen molar-refractivity contribution >= 4 is 32.6 Å². The van der Waals surface area contributed by atoms with Gasteiger partial charge in [-0.15, -0.1) is 0 Å². The van der Waals surface area contributed by atoms with E-state index in [1.54, 1.807) is 0 Å². The SMILES string of the molecule is c1ccc(-c2nc(-c3ccc(C4(c5ccccc5)c5ccccc5-n5c6ccccc6c6cccc4c65)cc3)cc(-c3ccc4ccccc4c3)n2)cc1. The highest BCUT2D eigenvalue weighted by Crippen LogP contribution is 2.54. The van der Waals surface area contributed by atoms with E-state index in [-0.39, 0.29) is 0 Å². The number of hydrogen-bond donors (Lipinski definition) is 0. The summed E-state index contributed by atoms with van der Waals surface area (Å²) < 4.78 is 2.48. The molecular formula is C51H33N3. The van der Waals surface area contributed by atoms with Gasteiger partial charge in [-0.3, -0.25) is 0 Å². The minimum atomic E-state index is -0.558. The average Bonchev–Trinajstić information content (AvgIpc) is 3.60. The third-order valence-corrected chi connectivity index (χ3v) is 11.3. The van der Waals surface area contributed by atoms with Crippen LogP contribution in [0, 0.1) is 0 Å². The van der Waals surface area contributed by atoms with Crippen molar-refractivity contribution in [1.29, 1.82) is 0 Å². The summed E-state index contributed by atoms with van der Waals surface area (Å²) in [6.07, 6.45) is 0. The van der Waals surface area contributed by atoms with Gasteiger partial charge in [-0.2, -0.15) is 0 Å². The second kappa shape index (κ2) is 12.0. The molecule has 0 saturated carbocycles. The molecule has 11 rings (SSSR count). The Hall–Kier alpha value is -7.10. The molecule has 0 amide bonds. The van der Waals surface area contributed by atoms with Crippen LogP contribution in [0.2, 0.25) is 0 Å². The van der Waals surface area contributed by atoms with E-state index in [2.05, 4.69) is 187 Å². The molecule has 1 aliphatic heterocycles. The van der Waals surface area contributed by atoms with E-state index in [4.69, 9.17) is 9.97 Å². The third-order valence-electron chi connectivity index (χ3n) is 11.3. The van der Waals surface area contributed by atoms with Crippen molar-refractivity contribution in [1.82, 2.24) is 14.5 Å². The van der Waals surface area contributed by atoms with Crippen molar-refractivity contribution in [2.45, 2.75) is 5.41 Å². The first-order valence-corrected chi connectivity index (χ1v) is 18.5. The van der Waals surface area contributed by atoms with Gasteiger partial charge in [0.05, 0.1) is 33.5 Å². The van der Waals surface area contributed by atoms with Gasteiger partial charge in [-0.05, 0) is 57.3 Å². The fourth-order valence-electron chi connectivity index (χ4n) is 8.88. The van der Waals surface area contributed by atoms with E-state index in [0.29, 0.717) is 5.82 Å². The minimum Gasteiger partial charge on any atom is -0.309 e. The summed E-state index contributed by atoms with van der Waals surface area (Å²) in [5.74, 6) is 0.710. The summed E-state index contributed by atoms with van der Waals surface area (Å²) in [6, 6.07) is 72.2. The van der Waals surface area contributed by atoms with Crippen LogP contribution in [0.5, 0.6) is 0 Å². The molecule has 1 atom stereocenters. The van der Waals surface area contributed by atoms with Crippen LogP contribution in [0.4, 0.5) is 0 Å². The van der Waals surface area contributed by atoms with Crippen LogP contribution in [0.25, 0.3) is 72.2 Å².